The molecule has 88 valence electrons. The van der Waals surface area contributed by atoms with Crippen molar-refractivity contribution in [3.05, 3.63) is 0 Å². The van der Waals surface area contributed by atoms with Gasteiger partial charge in [-0.05, 0) is 44.2 Å². The van der Waals surface area contributed by atoms with Crippen molar-refractivity contribution < 1.29 is 4.74 Å². The fourth-order valence-electron chi connectivity index (χ4n) is 2.75. The molecule has 4 unspecified atom stereocenters. The lowest BCUT2D eigenvalue weighted by atomic mass is 9.92. The molecule has 3 heteroatoms. The quantitative estimate of drug-likeness (QED) is 0.718. The highest BCUT2D eigenvalue weighted by Gasteiger charge is 2.40. The van der Waals surface area contributed by atoms with E-state index in [1.807, 2.05) is 0 Å². The summed E-state index contributed by atoms with van der Waals surface area (Å²) >= 11 is 0. The zero-order valence-corrected chi connectivity index (χ0v) is 9.91. The molecule has 3 nitrogen and oxygen atoms in total. The molecule has 2 heterocycles. The summed E-state index contributed by atoms with van der Waals surface area (Å²) in [6.45, 7) is 6.32. The maximum atomic E-state index is 5.82. The van der Waals surface area contributed by atoms with Crippen molar-refractivity contribution in [1.82, 2.24) is 5.32 Å². The maximum Gasteiger partial charge on any atom is 0.0733 e. The fourth-order valence-corrected chi connectivity index (χ4v) is 2.75. The molecule has 0 amide bonds. The lowest BCUT2D eigenvalue weighted by Gasteiger charge is -2.25. The highest BCUT2D eigenvalue weighted by molar-refractivity contribution is 4.94. The molecule has 3 N–H and O–H groups in total. The van der Waals surface area contributed by atoms with Crippen LogP contribution in [-0.4, -0.2) is 31.3 Å². The normalized spacial score (nSPS) is 36.4. The molecular weight excluding hydrogens is 188 g/mol. The van der Waals surface area contributed by atoms with Gasteiger partial charge in [-0.3, -0.25) is 0 Å². The van der Waals surface area contributed by atoms with Gasteiger partial charge < -0.3 is 15.8 Å². The number of fused-ring (bicyclic) bond motifs is 2. The van der Waals surface area contributed by atoms with Crippen LogP contribution in [0.2, 0.25) is 0 Å². The summed E-state index contributed by atoms with van der Waals surface area (Å²) in [5.74, 6) is 1.27. The number of ether oxygens (including phenoxy) is 1. The van der Waals surface area contributed by atoms with Gasteiger partial charge in [-0.2, -0.15) is 0 Å². The van der Waals surface area contributed by atoms with Crippen LogP contribution in [0.3, 0.4) is 0 Å². The van der Waals surface area contributed by atoms with Crippen molar-refractivity contribution >= 4 is 0 Å². The summed E-state index contributed by atoms with van der Waals surface area (Å²) in [6.07, 6.45) is 4.76. The van der Waals surface area contributed by atoms with Gasteiger partial charge in [0.25, 0.3) is 0 Å². The van der Waals surface area contributed by atoms with Gasteiger partial charge in [0.15, 0.2) is 0 Å². The van der Waals surface area contributed by atoms with Gasteiger partial charge in [-0.15, -0.1) is 0 Å². The van der Waals surface area contributed by atoms with E-state index in [0.717, 1.165) is 13.1 Å². The lowest BCUT2D eigenvalue weighted by Crippen LogP contribution is -2.42. The summed E-state index contributed by atoms with van der Waals surface area (Å²) in [4.78, 5) is 0. The third-order valence-corrected chi connectivity index (χ3v) is 3.99. The Morgan fingerprint density at radius 1 is 1.40 bits per heavy atom. The Labute approximate surface area is 92.7 Å². The molecule has 0 saturated carbocycles. The number of rotatable bonds is 5. The Kier molecular flexibility index (Phi) is 3.65. The second-order valence-corrected chi connectivity index (χ2v) is 5.36. The van der Waals surface area contributed by atoms with Crippen molar-refractivity contribution in [1.29, 1.82) is 0 Å². The molecule has 0 aromatic rings. The monoisotopic (exact) mass is 212 g/mol. The Morgan fingerprint density at radius 2 is 2.20 bits per heavy atom. The number of hydrogen-bond acceptors (Lipinski definition) is 3. The van der Waals surface area contributed by atoms with E-state index in [2.05, 4.69) is 19.2 Å². The van der Waals surface area contributed by atoms with E-state index in [-0.39, 0.29) is 0 Å². The Bertz CT molecular complexity index is 208. The third-order valence-electron chi connectivity index (χ3n) is 3.99. The third kappa shape index (κ3) is 2.52. The Balaban J connectivity index is 1.73. The van der Waals surface area contributed by atoms with Gasteiger partial charge in [0.2, 0.25) is 0 Å². The molecule has 0 aromatic heterocycles. The Morgan fingerprint density at radius 3 is 2.67 bits per heavy atom. The standard InChI is InChI=1S/C12H24N2O/c1-8(2)9(6-13)7-14-11-5-10-3-4-12(11)15-10/h8-12,14H,3-7,13H2,1-2H3. The van der Waals surface area contributed by atoms with E-state index in [0.29, 0.717) is 30.1 Å². The minimum atomic E-state index is 0.487. The van der Waals surface area contributed by atoms with Crippen LogP contribution < -0.4 is 11.1 Å². The van der Waals surface area contributed by atoms with Gasteiger partial charge >= 0.3 is 0 Å². The highest BCUT2D eigenvalue weighted by Crippen LogP contribution is 2.34. The predicted octanol–water partition coefficient (Wildman–Crippen LogP) is 1.13. The lowest BCUT2D eigenvalue weighted by molar-refractivity contribution is 0.0966. The average molecular weight is 212 g/mol. The second-order valence-electron chi connectivity index (χ2n) is 5.36. The topological polar surface area (TPSA) is 47.3 Å². The SMILES string of the molecule is CC(C)C(CN)CNC1CC2CCC1O2. The highest BCUT2D eigenvalue weighted by atomic mass is 16.5. The fraction of sp³-hybridized carbons (Fsp3) is 1.00. The smallest absolute Gasteiger partial charge is 0.0733 e. The first-order chi connectivity index (χ1) is 7.20. The minimum Gasteiger partial charge on any atom is -0.373 e. The van der Waals surface area contributed by atoms with Crippen molar-refractivity contribution in [2.24, 2.45) is 17.6 Å². The van der Waals surface area contributed by atoms with Gasteiger partial charge in [0, 0.05) is 6.04 Å². The van der Waals surface area contributed by atoms with Gasteiger partial charge in [0.05, 0.1) is 12.2 Å². The van der Waals surface area contributed by atoms with Gasteiger partial charge in [0.1, 0.15) is 0 Å². The summed E-state index contributed by atoms with van der Waals surface area (Å²) < 4.78 is 5.82. The van der Waals surface area contributed by atoms with Crippen molar-refractivity contribution in [3.63, 3.8) is 0 Å². The average Bonchev–Trinajstić information content (AvgIpc) is 2.79. The number of hydrogen-bond donors (Lipinski definition) is 2. The van der Waals surface area contributed by atoms with E-state index in [4.69, 9.17) is 10.5 Å². The summed E-state index contributed by atoms with van der Waals surface area (Å²) in [7, 11) is 0. The number of nitrogens with two attached hydrogens (primary N) is 1. The van der Waals surface area contributed by atoms with Crippen molar-refractivity contribution in [2.75, 3.05) is 13.1 Å². The molecule has 0 aliphatic carbocycles. The van der Waals surface area contributed by atoms with Crippen molar-refractivity contribution in [2.45, 2.75) is 51.4 Å². The molecule has 0 radical (unpaired) electrons. The maximum absolute atomic E-state index is 5.82. The zero-order chi connectivity index (χ0) is 10.8. The van der Waals surface area contributed by atoms with Crippen molar-refractivity contribution in [3.8, 4) is 0 Å². The van der Waals surface area contributed by atoms with E-state index < -0.39 is 0 Å². The van der Waals surface area contributed by atoms with Crippen LogP contribution in [0.4, 0.5) is 0 Å². The molecule has 2 aliphatic rings. The molecule has 2 aliphatic heterocycles. The van der Waals surface area contributed by atoms with Gasteiger partial charge in [-0.25, -0.2) is 0 Å². The molecule has 0 aromatic carbocycles. The molecule has 15 heavy (non-hydrogen) atoms. The molecule has 2 bridgehead atoms. The van der Waals surface area contributed by atoms with Crippen LogP contribution in [0.25, 0.3) is 0 Å². The van der Waals surface area contributed by atoms with Crippen LogP contribution in [0.5, 0.6) is 0 Å². The number of nitrogens with one attached hydrogen (secondary N) is 1. The predicted molar refractivity (Wildman–Crippen MR) is 61.7 cm³/mol. The summed E-state index contributed by atoms with van der Waals surface area (Å²) in [5, 5.41) is 3.64. The van der Waals surface area contributed by atoms with Crippen LogP contribution in [0, 0.1) is 11.8 Å². The van der Waals surface area contributed by atoms with Gasteiger partial charge in [-0.1, -0.05) is 13.8 Å². The van der Waals surface area contributed by atoms with E-state index in [9.17, 15) is 0 Å². The molecular formula is C12H24N2O. The second kappa shape index (κ2) is 4.81. The Hall–Kier alpha value is -0.120. The first kappa shape index (κ1) is 11.4. The molecule has 4 atom stereocenters. The van der Waals surface area contributed by atoms with E-state index in [1.54, 1.807) is 0 Å². The van der Waals surface area contributed by atoms with E-state index >= 15 is 0 Å². The minimum absolute atomic E-state index is 0.487. The molecule has 0 spiro atoms. The summed E-state index contributed by atoms with van der Waals surface area (Å²) in [6, 6.07) is 0.594. The zero-order valence-electron chi connectivity index (χ0n) is 9.91. The summed E-state index contributed by atoms with van der Waals surface area (Å²) in [5.41, 5.74) is 5.76. The van der Waals surface area contributed by atoms with Crippen LogP contribution in [-0.2, 0) is 4.74 Å². The largest absolute Gasteiger partial charge is 0.373 e. The van der Waals surface area contributed by atoms with Crippen LogP contribution >= 0.6 is 0 Å². The van der Waals surface area contributed by atoms with E-state index in [1.165, 1.54) is 19.3 Å². The molecule has 2 fully saturated rings. The van der Waals surface area contributed by atoms with Crippen LogP contribution in [0.15, 0.2) is 0 Å². The molecule has 2 saturated heterocycles. The first-order valence-corrected chi connectivity index (χ1v) is 6.29. The first-order valence-electron chi connectivity index (χ1n) is 6.29. The van der Waals surface area contributed by atoms with Crippen LogP contribution in [0.1, 0.15) is 33.1 Å². The molecule has 2 rings (SSSR count).